The summed E-state index contributed by atoms with van der Waals surface area (Å²) >= 11 is 3.81. The van der Waals surface area contributed by atoms with Crippen LogP contribution in [0.15, 0.2) is 42.5 Å². The lowest BCUT2D eigenvalue weighted by Gasteiger charge is -2.15. The van der Waals surface area contributed by atoms with Gasteiger partial charge in [-0.2, -0.15) is 0 Å². The van der Waals surface area contributed by atoms with E-state index in [1.54, 1.807) is 7.11 Å². The van der Waals surface area contributed by atoms with E-state index in [1.165, 1.54) is 22.3 Å². The summed E-state index contributed by atoms with van der Waals surface area (Å²) < 4.78 is 5.41. The standard InChI is InChI=1S/C17H19BrO/c1-12-8-9-15(13(2)10-12)16(18)11-14-6-4-5-7-17(14)19-3/h4-10,16H,11H2,1-3H3. The minimum Gasteiger partial charge on any atom is -0.496 e. The zero-order valence-corrected chi connectivity index (χ0v) is 13.2. The summed E-state index contributed by atoms with van der Waals surface area (Å²) in [6, 6.07) is 14.8. The summed E-state index contributed by atoms with van der Waals surface area (Å²) in [4.78, 5) is 0.310. The minimum atomic E-state index is 0.310. The normalized spacial score (nSPS) is 12.2. The van der Waals surface area contributed by atoms with Crippen molar-refractivity contribution in [3.8, 4) is 5.75 Å². The van der Waals surface area contributed by atoms with Crippen molar-refractivity contribution in [2.75, 3.05) is 7.11 Å². The Bertz CT molecular complexity index is 563. The lowest BCUT2D eigenvalue weighted by Crippen LogP contribution is -2.00. The van der Waals surface area contributed by atoms with Gasteiger partial charge in [-0.15, -0.1) is 0 Å². The third kappa shape index (κ3) is 3.38. The molecule has 0 aliphatic rings. The van der Waals surface area contributed by atoms with Crippen LogP contribution in [-0.4, -0.2) is 7.11 Å². The molecule has 1 atom stereocenters. The van der Waals surface area contributed by atoms with Crippen LogP contribution in [0.5, 0.6) is 5.75 Å². The number of para-hydroxylation sites is 1. The molecule has 0 amide bonds. The smallest absolute Gasteiger partial charge is 0.122 e. The van der Waals surface area contributed by atoms with Crippen molar-refractivity contribution < 1.29 is 4.74 Å². The van der Waals surface area contributed by atoms with Gasteiger partial charge in [-0.1, -0.05) is 57.9 Å². The first-order chi connectivity index (χ1) is 9.11. The highest BCUT2D eigenvalue weighted by Crippen LogP contribution is 2.32. The Morgan fingerprint density at radius 3 is 2.53 bits per heavy atom. The van der Waals surface area contributed by atoms with Crippen LogP contribution in [0.3, 0.4) is 0 Å². The van der Waals surface area contributed by atoms with Crippen molar-refractivity contribution in [1.82, 2.24) is 0 Å². The first kappa shape index (κ1) is 14.1. The molecular formula is C17H19BrO. The van der Waals surface area contributed by atoms with Gasteiger partial charge < -0.3 is 4.74 Å². The number of aryl methyl sites for hydroxylation is 2. The van der Waals surface area contributed by atoms with E-state index in [9.17, 15) is 0 Å². The van der Waals surface area contributed by atoms with Crippen LogP contribution in [-0.2, 0) is 6.42 Å². The number of halogens is 1. The predicted octanol–water partition coefficient (Wildman–Crippen LogP) is 4.99. The third-order valence-corrected chi connectivity index (χ3v) is 4.17. The lowest BCUT2D eigenvalue weighted by molar-refractivity contribution is 0.409. The topological polar surface area (TPSA) is 9.23 Å². The van der Waals surface area contributed by atoms with E-state index in [1.807, 2.05) is 12.1 Å². The molecule has 1 unspecified atom stereocenters. The van der Waals surface area contributed by atoms with E-state index in [2.05, 4.69) is 60.1 Å². The second-order valence-electron chi connectivity index (χ2n) is 4.84. The molecule has 2 aromatic rings. The zero-order valence-electron chi connectivity index (χ0n) is 11.6. The molecule has 100 valence electrons. The highest BCUT2D eigenvalue weighted by molar-refractivity contribution is 9.09. The monoisotopic (exact) mass is 318 g/mol. The molecular weight excluding hydrogens is 300 g/mol. The molecule has 0 fully saturated rings. The predicted molar refractivity (Wildman–Crippen MR) is 84.3 cm³/mol. The molecule has 0 radical (unpaired) electrons. The molecule has 0 aliphatic heterocycles. The van der Waals surface area contributed by atoms with E-state index in [-0.39, 0.29) is 0 Å². The quantitative estimate of drug-likeness (QED) is 0.721. The van der Waals surface area contributed by atoms with E-state index in [0.29, 0.717) is 4.83 Å². The Morgan fingerprint density at radius 1 is 1.11 bits per heavy atom. The van der Waals surface area contributed by atoms with Gasteiger partial charge in [-0.25, -0.2) is 0 Å². The van der Waals surface area contributed by atoms with Gasteiger partial charge in [-0.3, -0.25) is 0 Å². The van der Waals surface area contributed by atoms with Gasteiger partial charge in [0.1, 0.15) is 5.75 Å². The van der Waals surface area contributed by atoms with Crippen LogP contribution in [0.25, 0.3) is 0 Å². The Kier molecular flexibility index (Phi) is 4.65. The van der Waals surface area contributed by atoms with Crippen molar-refractivity contribution >= 4 is 15.9 Å². The van der Waals surface area contributed by atoms with Gasteiger partial charge in [0.2, 0.25) is 0 Å². The first-order valence-electron chi connectivity index (χ1n) is 6.45. The maximum Gasteiger partial charge on any atom is 0.122 e. The molecule has 0 N–H and O–H groups in total. The minimum absolute atomic E-state index is 0.310. The van der Waals surface area contributed by atoms with Gasteiger partial charge in [0, 0.05) is 4.83 Å². The van der Waals surface area contributed by atoms with Gasteiger partial charge in [0.05, 0.1) is 7.11 Å². The molecule has 0 saturated carbocycles. The van der Waals surface area contributed by atoms with Crippen molar-refractivity contribution in [3.63, 3.8) is 0 Å². The number of rotatable bonds is 4. The summed E-state index contributed by atoms with van der Waals surface area (Å²) in [5, 5.41) is 0. The molecule has 2 rings (SSSR count). The van der Waals surface area contributed by atoms with E-state index < -0.39 is 0 Å². The molecule has 0 spiro atoms. The van der Waals surface area contributed by atoms with Crippen LogP contribution < -0.4 is 4.74 Å². The van der Waals surface area contributed by atoms with Gasteiger partial charge in [0.25, 0.3) is 0 Å². The van der Waals surface area contributed by atoms with E-state index in [4.69, 9.17) is 4.74 Å². The SMILES string of the molecule is COc1ccccc1CC(Br)c1ccc(C)cc1C. The number of alkyl halides is 1. The molecule has 2 aromatic carbocycles. The molecule has 0 saturated heterocycles. The Hall–Kier alpha value is -1.28. The maximum absolute atomic E-state index is 5.41. The number of benzene rings is 2. The van der Waals surface area contributed by atoms with Gasteiger partial charge >= 0.3 is 0 Å². The molecule has 0 aliphatic carbocycles. The Balaban J connectivity index is 2.23. The second kappa shape index (κ2) is 6.25. The molecule has 19 heavy (non-hydrogen) atoms. The number of methoxy groups -OCH3 is 1. The molecule has 0 aromatic heterocycles. The fraction of sp³-hybridized carbons (Fsp3) is 0.294. The second-order valence-corrected chi connectivity index (χ2v) is 5.95. The lowest BCUT2D eigenvalue weighted by atomic mass is 9.98. The summed E-state index contributed by atoms with van der Waals surface area (Å²) in [7, 11) is 1.72. The van der Waals surface area contributed by atoms with Crippen LogP contribution in [0, 0.1) is 13.8 Å². The number of hydrogen-bond acceptors (Lipinski definition) is 1. The average molecular weight is 319 g/mol. The summed E-state index contributed by atoms with van der Waals surface area (Å²) in [6.45, 7) is 4.29. The van der Waals surface area contributed by atoms with Gasteiger partial charge in [-0.05, 0) is 43.0 Å². The summed E-state index contributed by atoms with van der Waals surface area (Å²) in [5.74, 6) is 0.955. The van der Waals surface area contributed by atoms with E-state index in [0.717, 1.165) is 12.2 Å². The van der Waals surface area contributed by atoms with Crippen molar-refractivity contribution in [1.29, 1.82) is 0 Å². The number of hydrogen-bond donors (Lipinski definition) is 0. The molecule has 0 bridgehead atoms. The Morgan fingerprint density at radius 2 is 1.84 bits per heavy atom. The van der Waals surface area contributed by atoms with E-state index >= 15 is 0 Å². The highest BCUT2D eigenvalue weighted by atomic mass is 79.9. The molecule has 1 nitrogen and oxygen atoms in total. The molecule has 2 heteroatoms. The van der Waals surface area contributed by atoms with Gasteiger partial charge in [0.15, 0.2) is 0 Å². The highest BCUT2D eigenvalue weighted by Gasteiger charge is 2.13. The summed E-state index contributed by atoms with van der Waals surface area (Å²) in [6.07, 6.45) is 0.925. The fourth-order valence-corrected chi connectivity index (χ4v) is 3.21. The maximum atomic E-state index is 5.41. The van der Waals surface area contributed by atoms with Crippen LogP contribution in [0.4, 0.5) is 0 Å². The first-order valence-corrected chi connectivity index (χ1v) is 7.36. The van der Waals surface area contributed by atoms with Crippen molar-refractivity contribution in [2.45, 2.75) is 25.1 Å². The van der Waals surface area contributed by atoms with Crippen molar-refractivity contribution in [3.05, 3.63) is 64.7 Å². The third-order valence-electron chi connectivity index (χ3n) is 3.35. The van der Waals surface area contributed by atoms with Crippen molar-refractivity contribution in [2.24, 2.45) is 0 Å². The fourth-order valence-electron chi connectivity index (χ4n) is 2.35. The Labute approximate surface area is 123 Å². The van der Waals surface area contributed by atoms with Crippen LogP contribution in [0.2, 0.25) is 0 Å². The van der Waals surface area contributed by atoms with Crippen LogP contribution >= 0.6 is 15.9 Å². The average Bonchev–Trinajstić information content (AvgIpc) is 2.39. The zero-order chi connectivity index (χ0) is 13.8. The largest absolute Gasteiger partial charge is 0.496 e. The number of ether oxygens (including phenoxy) is 1. The molecule has 0 heterocycles. The van der Waals surface area contributed by atoms with Crippen LogP contribution in [0.1, 0.15) is 27.1 Å². The summed E-state index contributed by atoms with van der Waals surface area (Å²) in [5.41, 5.74) is 5.21.